The first kappa shape index (κ1) is 22.3. The van der Waals surface area contributed by atoms with Crippen molar-refractivity contribution in [3.05, 3.63) is 59.7 Å². The van der Waals surface area contributed by atoms with Gasteiger partial charge in [0.25, 0.3) is 0 Å². The summed E-state index contributed by atoms with van der Waals surface area (Å²) in [7, 11) is 0. The Kier molecular flexibility index (Phi) is 9.54. The standard InChI is InChI=1S/C28H42O/c1-3-5-7-21-29-22-24-11-15-26(16-12-24)28-19-17-27(18-20-28)25-13-9-23(10-14-25)8-6-4-2/h5-8,11-12,15-16,23,25,27-28H,3-4,9-10,13-14,17-22H2,1-2H3/b7-5+,8-6+/t23-,25-,27?,28?. The average Bonchev–Trinajstić information content (AvgIpc) is 2.78. The molecule has 2 aliphatic carbocycles. The van der Waals surface area contributed by atoms with Gasteiger partial charge in [-0.2, -0.15) is 0 Å². The van der Waals surface area contributed by atoms with E-state index in [1.807, 2.05) is 0 Å². The van der Waals surface area contributed by atoms with Crippen LogP contribution >= 0.6 is 0 Å². The van der Waals surface area contributed by atoms with Crippen molar-refractivity contribution >= 4 is 0 Å². The molecule has 1 nitrogen and oxygen atoms in total. The monoisotopic (exact) mass is 394 g/mol. The molecule has 0 heterocycles. The predicted octanol–water partition coefficient (Wildman–Crippen LogP) is 8.22. The van der Waals surface area contributed by atoms with Crippen LogP contribution in [0.15, 0.2) is 48.6 Å². The van der Waals surface area contributed by atoms with Crippen LogP contribution in [0, 0.1) is 17.8 Å². The molecular weight excluding hydrogens is 352 g/mol. The molecule has 0 unspecified atom stereocenters. The van der Waals surface area contributed by atoms with E-state index in [0.717, 1.165) is 43.3 Å². The normalized spacial score (nSPS) is 28.3. The summed E-state index contributed by atoms with van der Waals surface area (Å²) >= 11 is 0. The van der Waals surface area contributed by atoms with E-state index in [1.165, 1.54) is 63.4 Å². The Balaban J connectivity index is 1.39. The van der Waals surface area contributed by atoms with Crippen LogP contribution in [0.3, 0.4) is 0 Å². The summed E-state index contributed by atoms with van der Waals surface area (Å²) in [6.07, 6.45) is 22.9. The Labute approximate surface area is 179 Å². The van der Waals surface area contributed by atoms with Gasteiger partial charge in [-0.3, -0.25) is 0 Å². The highest BCUT2D eigenvalue weighted by molar-refractivity contribution is 5.25. The number of rotatable bonds is 9. The maximum atomic E-state index is 5.73. The second kappa shape index (κ2) is 12.4. The van der Waals surface area contributed by atoms with E-state index >= 15 is 0 Å². The maximum Gasteiger partial charge on any atom is 0.0721 e. The third-order valence-corrected chi connectivity index (χ3v) is 7.24. The molecule has 3 rings (SSSR count). The summed E-state index contributed by atoms with van der Waals surface area (Å²) in [6.45, 7) is 5.83. The molecule has 1 aromatic carbocycles. The molecule has 0 atom stereocenters. The lowest BCUT2D eigenvalue weighted by molar-refractivity contribution is 0.148. The third kappa shape index (κ3) is 7.14. The van der Waals surface area contributed by atoms with Gasteiger partial charge in [-0.25, -0.2) is 0 Å². The lowest BCUT2D eigenvalue weighted by atomic mass is 9.68. The van der Waals surface area contributed by atoms with Gasteiger partial charge < -0.3 is 4.74 Å². The molecule has 29 heavy (non-hydrogen) atoms. The SMILES string of the molecule is CC/C=C/COCc1ccc(C2CCC([C@H]3CC[C@H](/C=C/CC)CC3)CC2)cc1. The fourth-order valence-electron chi connectivity index (χ4n) is 5.43. The van der Waals surface area contributed by atoms with Crippen molar-refractivity contribution < 1.29 is 4.74 Å². The second-order valence-electron chi connectivity index (χ2n) is 9.26. The lowest BCUT2D eigenvalue weighted by Gasteiger charge is -2.37. The van der Waals surface area contributed by atoms with Crippen LogP contribution in [0.25, 0.3) is 0 Å². The largest absolute Gasteiger partial charge is 0.373 e. The van der Waals surface area contributed by atoms with Gasteiger partial charge in [-0.1, -0.05) is 62.4 Å². The number of hydrogen-bond acceptors (Lipinski definition) is 1. The first-order valence-corrected chi connectivity index (χ1v) is 12.3. The highest BCUT2D eigenvalue weighted by Crippen LogP contribution is 2.44. The van der Waals surface area contributed by atoms with Crippen LogP contribution in [0.5, 0.6) is 0 Å². The summed E-state index contributed by atoms with van der Waals surface area (Å²) in [5.74, 6) is 3.64. The number of allylic oxidation sites excluding steroid dienone is 3. The molecule has 1 heteroatoms. The van der Waals surface area contributed by atoms with Gasteiger partial charge in [0.05, 0.1) is 13.2 Å². The lowest BCUT2D eigenvalue weighted by Crippen LogP contribution is -2.25. The van der Waals surface area contributed by atoms with Crippen LogP contribution < -0.4 is 0 Å². The molecule has 0 N–H and O–H groups in total. The van der Waals surface area contributed by atoms with Crippen molar-refractivity contribution in [2.24, 2.45) is 17.8 Å². The molecule has 1 aromatic rings. The summed E-state index contributed by atoms with van der Waals surface area (Å²) < 4.78 is 5.73. The molecule has 0 spiro atoms. The fraction of sp³-hybridized carbons (Fsp3) is 0.643. The van der Waals surface area contributed by atoms with Crippen molar-refractivity contribution in [2.75, 3.05) is 6.61 Å². The first-order valence-electron chi connectivity index (χ1n) is 12.3. The highest BCUT2D eigenvalue weighted by atomic mass is 16.5. The molecule has 0 radical (unpaired) electrons. The van der Waals surface area contributed by atoms with Crippen LogP contribution in [0.4, 0.5) is 0 Å². The molecule has 0 bridgehead atoms. The van der Waals surface area contributed by atoms with Gasteiger partial charge >= 0.3 is 0 Å². The maximum absolute atomic E-state index is 5.73. The second-order valence-corrected chi connectivity index (χ2v) is 9.26. The van der Waals surface area contributed by atoms with Crippen molar-refractivity contribution in [1.29, 1.82) is 0 Å². The first-order chi connectivity index (χ1) is 14.3. The van der Waals surface area contributed by atoms with Crippen molar-refractivity contribution in [1.82, 2.24) is 0 Å². The zero-order chi connectivity index (χ0) is 20.3. The van der Waals surface area contributed by atoms with E-state index in [4.69, 9.17) is 4.74 Å². The Bertz CT molecular complexity index is 610. The highest BCUT2D eigenvalue weighted by Gasteiger charge is 2.30. The summed E-state index contributed by atoms with van der Waals surface area (Å²) in [5, 5.41) is 0. The summed E-state index contributed by atoms with van der Waals surface area (Å²) in [4.78, 5) is 0. The number of ether oxygens (including phenoxy) is 1. The van der Waals surface area contributed by atoms with Crippen molar-refractivity contribution in [3.8, 4) is 0 Å². The molecule has 0 aromatic heterocycles. The van der Waals surface area contributed by atoms with Crippen LogP contribution in [-0.4, -0.2) is 6.61 Å². The average molecular weight is 395 g/mol. The zero-order valence-electron chi connectivity index (χ0n) is 18.8. The van der Waals surface area contributed by atoms with Gasteiger partial charge in [0.15, 0.2) is 0 Å². The molecular formula is C28H42O. The Morgan fingerprint density at radius 2 is 1.38 bits per heavy atom. The van der Waals surface area contributed by atoms with E-state index in [-0.39, 0.29) is 0 Å². The van der Waals surface area contributed by atoms with Gasteiger partial charge in [0.1, 0.15) is 0 Å². The molecule has 0 aliphatic heterocycles. The van der Waals surface area contributed by atoms with Gasteiger partial charge in [0.2, 0.25) is 0 Å². The third-order valence-electron chi connectivity index (χ3n) is 7.24. The zero-order valence-corrected chi connectivity index (χ0v) is 18.8. The number of benzene rings is 1. The van der Waals surface area contributed by atoms with Crippen LogP contribution in [-0.2, 0) is 11.3 Å². The van der Waals surface area contributed by atoms with E-state index in [1.54, 1.807) is 5.56 Å². The topological polar surface area (TPSA) is 9.23 Å². The minimum Gasteiger partial charge on any atom is -0.373 e. The van der Waals surface area contributed by atoms with Gasteiger partial charge in [0, 0.05) is 0 Å². The van der Waals surface area contributed by atoms with E-state index < -0.39 is 0 Å². The van der Waals surface area contributed by atoms with Crippen LogP contribution in [0.2, 0.25) is 0 Å². The molecule has 2 saturated carbocycles. The Morgan fingerprint density at radius 3 is 2.00 bits per heavy atom. The predicted molar refractivity (Wildman–Crippen MR) is 125 cm³/mol. The molecule has 160 valence electrons. The van der Waals surface area contributed by atoms with E-state index in [2.05, 4.69) is 62.4 Å². The number of hydrogen-bond donors (Lipinski definition) is 0. The molecule has 0 amide bonds. The Hall–Kier alpha value is -1.34. The van der Waals surface area contributed by atoms with Crippen molar-refractivity contribution in [3.63, 3.8) is 0 Å². The van der Waals surface area contributed by atoms with E-state index in [0.29, 0.717) is 0 Å². The Morgan fingerprint density at radius 1 is 0.759 bits per heavy atom. The van der Waals surface area contributed by atoms with Gasteiger partial charge in [-0.15, -0.1) is 0 Å². The fourth-order valence-corrected chi connectivity index (χ4v) is 5.43. The summed E-state index contributed by atoms with van der Waals surface area (Å²) in [5.41, 5.74) is 2.84. The minimum atomic E-state index is 0.719. The molecule has 2 fully saturated rings. The summed E-state index contributed by atoms with van der Waals surface area (Å²) in [6, 6.07) is 9.26. The van der Waals surface area contributed by atoms with Gasteiger partial charge in [-0.05, 0) is 99.0 Å². The molecule has 0 saturated heterocycles. The van der Waals surface area contributed by atoms with Crippen molar-refractivity contribution in [2.45, 2.75) is 90.6 Å². The van der Waals surface area contributed by atoms with E-state index in [9.17, 15) is 0 Å². The quantitative estimate of drug-likeness (QED) is 0.303. The minimum absolute atomic E-state index is 0.719. The smallest absolute Gasteiger partial charge is 0.0721 e. The molecule has 2 aliphatic rings. The van der Waals surface area contributed by atoms with Crippen LogP contribution in [0.1, 0.15) is 95.1 Å².